The number of nitrogens with zero attached hydrogens (tertiary/aromatic N) is 1. The number of aryl methyl sites for hydroxylation is 1. The summed E-state index contributed by atoms with van der Waals surface area (Å²) in [4.78, 5) is 2.63. The minimum atomic E-state index is 0.358. The number of hydrogen-bond acceptors (Lipinski definition) is 1. The summed E-state index contributed by atoms with van der Waals surface area (Å²) in [6, 6.07) is 9.15. The van der Waals surface area contributed by atoms with Crippen molar-refractivity contribution in [2.24, 2.45) is 0 Å². The second-order valence-electron chi connectivity index (χ2n) is 4.92. The van der Waals surface area contributed by atoms with Gasteiger partial charge in [-0.25, -0.2) is 0 Å². The molecule has 1 fully saturated rings. The SMILES string of the molecule is CCN(CC)C1(c2ccc(C)cc2)CCC1. The monoisotopic (exact) mass is 217 g/mol. The molecule has 1 aromatic rings. The van der Waals surface area contributed by atoms with Crippen molar-refractivity contribution in [3.8, 4) is 0 Å². The summed E-state index contributed by atoms with van der Waals surface area (Å²) in [6.07, 6.45) is 4.04. The molecule has 0 atom stereocenters. The van der Waals surface area contributed by atoms with Crippen LogP contribution in [0, 0.1) is 6.92 Å². The highest BCUT2D eigenvalue weighted by atomic mass is 15.2. The molecule has 0 amide bonds. The molecule has 0 heterocycles. The summed E-state index contributed by atoms with van der Waals surface area (Å²) >= 11 is 0. The largest absolute Gasteiger partial charge is 0.294 e. The van der Waals surface area contributed by atoms with E-state index < -0.39 is 0 Å². The highest BCUT2D eigenvalue weighted by Crippen LogP contribution is 2.46. The summed E-state index contributed by atoms with van der Waals surface area (Å²) in [5.74, 6) is 0. The molecule has 0 radical (unpaired) electrons. The van der Waals surface area contributed by atoms with E-state index in [9.17, 15) is 0 Å². The molecular formula is C15H23N. The lowest BCUT2D eigenvalue weighted by Crippen LogP contribution is -2.50. The zero-order valence-electron chi connectivity index (χ0n) is 10.8. The van der Waals surface area contributed by atoms with Gasteiger partial charge in [0.1, 0.15) is 0 Å². The summed E-state index contributed by atoms with van der Waals surface area (Å²) in [5, 5.41) is 0. The molecule has 1 aromatic carbocycles. The van der Waals surface area contributed by atoms with Crippen LogP contribution in [0.5, 0.6) is 0 Å². The van der Waals surface area contributed by atoms with E-state index in [1.54, 1.807) is 0 Å². The molecule has 0 saturated heterocycles. The first-order valence-electron chi connectivity index (χ1n) is 6.55. The normalized spacial score (nSPS) is 18.5. The Morgan fingerprint density at radius 1 is 1.06 bits per heavy atom. The van der Waals surface area contributed by atoms with Crippen molar-refractivity contribution in [2.75, 3.05) is 13.1 Å². The maximum Gasteiger partial charge on any atom is 0.0460 e. The van der Waals surface area contributed by atoms with Gasteiger partial charge in [-0.3, -0.25) is 4.90 Å². The van der Waals surface area contributed by atoms with Crippen LogP contribution in [0.25, 0.3) is 0 Å². The predicted octanol–water partition coefficient (Wildman–Crippen LogP) is 3.72. The second-order valence-corrected chi connectivity index (χ2v) is 4.92. The van der Waals surface area contributed by atoms with Crippen LogP contribution in [0.15, 0.2) is 24.3 Å². The van der Waals surface area contributed by atoms with E-state index in [1.165, 1.54) is 30.4 Å². The zero-order chi connectivity index (χ0) is 11.6. The first kappa shape index (κ1) is 11.7. The molecule has 1 saturated carbocycles. The van der Waals surface area contributed by atoms with Crippen LogP contribution in [0.3, 0.4) is 0 Å². The van der Waals surface area contributed by atoms with E-state index in [0.717, 1.165) is 13.1 Å². The van der Waals surface area contributed by atoms with E-state index in [1.807, 2.05) is 0 Å². The third-order valence-corrected chi connectivity index (χ3v) is 4.14. The van der Waals surface area contributed by atoms with Crippen LogP contribution in [-0.2, 0) is 5.54 Å². The maximum absolute atomic E-state index is 2.63. The summed E-state index contributed by atoms with van der Waals surface area (Å²) in [5.41, 5.74) is 3.24. The van der Waals surface area contributed by atoms with Crippen molar-refractivity contribution < 1.29 is 0 Å². The van der Waals surface area contributed by atoms with Crippen molar-refractivity contribution >= 4 is 0 Å². The molecule has 2 rings (SSSR count). The topological polar surface area (TPSA) is 3.24 Å². The number of hydrogen-bond donors (Lipinski definition) is 0. The highest BCUT2D eigenvalue weighted by molar-refractivity contribution is 5.30. The zero-order valence-corrected chi connectivity index (χ0v) is 10.8. The Hall–Kier alpha value is -0.820. The molecule has 0 N–H and O–H groups in total. The van der Waals surface area contributed by atoms with Gasteiger partial charge < -0.3 is 0 Å². The van der Waals surface area contributed by atoms with Crippen LogP contribution in [0.4, 0.5) is 0 Å². The Balaban J connectivity index is 2.30. The van der Waals surface area contributed by atoms with Gasteiger partial charge in [-0.1, -0.05) is 43.7 Å². The Morgan fingerprint density at radius 2 is 1.62 bits per heavy atom. The fraction of sp³-hybridized carbons (Fsp3) is 0.600. The van der Waals surface area contributed by atoms with Gasteiger partial charge in [0.2, 0.25) is 0 Å². The van der Waals surface area contributed by atoms with Gasteiger partial charge in [0.15, 0.2) is 0 Å². The van der Waals surface area contributed by atoms with E-state index in [4.69, 9.17) is 0 Å². The Labute approximate surface area is 99.5 Å². The van der Waals surface area contributed by atoms with Crippen molar-refractivity contribution in [1.82, 2.24) is 4.90 Å². The molecular weight excluding hydrogens is 194 g/mol. The average molecular weight is 217 g/mol. The molecule has 88 valence electrons. The van der Waals surface area contributed by atoms with Crippen molar-refractivity contribution in [3.63, 3.8) is 0 Å². The fourth-order valence-corrected chi connectivity index (χ4v) is 2.99. The molecule has 1 aliphatic rings. The molecule has 1 nitrogen and oxygen atoms in total. The minimum absolute atomic E-state index is 0.358. The summed E-state index contributed by atoms with van der Waals surface area (Å²) in [7, 11) is 0. The van der Waals surface area contributed by atoms with Crippen LogP contribution in [0.1, 0.15) is 44.2 Å². The number of rotatable bonds is 4. The lowest BCUT2D eigenvalue weighted by atomic mass is 9.70. The molecule has 0 aromatic heterocycles. The highest BCUT2D eigenvalue weighted by Gasteiger charge is 2.42. The molecule has 1 heteroatoms. The Kier molecular flexibility index (Phi) is 3.34. The first-order valence-corrected chi connectivity index (χ1v) is 6.55. The van der Waals surface area contributed by atoms with E-state index in [0.29, 0.717) is 5.54 Å². The lowest BCUT2D eigenvalue weighted by Gasteiger charge is -2.50. The average Bonchev–Trinajstić information content (AvgIpc) is 2.25. The Morgan fingerprint density at radius 3 is 2.00 bits per heavy atom. The molecule has 0 unspecified atom stereocenters. The van der Waals surface area contributed by atoms with Crippen molar-refractivity contribution in [3.05, 3.63) is 35.4 Å². The third-order valence-electron chi connectivity index (χ3n) is 4.14. The second kappa shape index (κ2) is 4.58. The minimum Gasteiger partial charge on any atom is -0.294 e. The predicted molar refractivity (Wildman–Crippen MR) is 69.6 cm³/mol. The van der Waals surface area contributed by atoms with Crippen LogP contribution in [0.2, 0.25) is 0 Å². The van der Waals surface area contributed by atoms with Gasteiger partial charge >= 0.3 is 0 Å². The molecule has 0 bridgehead atoms. The summed E-state index contributed by atoms with van der Waals surface area (Å²) in [6.45, 7) is 9.03. The first-order chi connectivity index (χ1) is 7.73. The van der Waals surface area contributed by atoms with Crippen LogP contribution >= 0.6 is 0 Å². The third kappa shape index (κ3) is 1.78. The van der Waals surface area contributed by atoms with E-state index in [-0.39, 0.29) is 0 Å². The van der Waals surface area contributed by atoms with Gasteiger partial charge in [-0.2, -0.15) is 0 Å². The standard InChI is InChI=1S/C15H23N/c1-4-16(5-2)15(11-6-12-15)14-9-7-13(3)8-10-14/h7-10H,4-6,11-12H2,1-3H3. The van der Waals surface area contributed by atoms with E-state index in [2.05, 4.69) is 49.9 Å². The van der Waals surface area contributed by atoms with E-state index >= 15 is 0 Å². The number of benzene rings is 1. The van der Waals surface area contributed by atoms with Gasteiger partial charge in [0, 0.05) is 5.54 Å². The van der Waals surface area contributed by atoms with Gasteiger partial charge in [0.25, 0.3) is 0 Å². The molecule has 1 aliphatic carbocycles. The van der Waals surface area contributed by atoms with Crippen LogP contribution in [-0.4, -0.2) is 18.0 Å². The summed E-state index contributed by atoms with van der Waals surface area (Å²) < 4.78 is 0. The van der Waals surface area contributed by atoms with Crippen molar-refractivity contribution in [2.45, 2.75) is 45.6 Å². The molecule has 0 aliphatic heterocycles. The van der Waals surface area contributed by atoms with Gasteiger partial charge in [0.05, 0.1) is 0 Å². The molecule has 0 spiro atoms. The molecule has 16 heavy (non-hydrogen) atoms. The quantitative estimate of drug-likeness (QED) is 0.743. The Bertz CT molecular complexity index is 331. The fourth-order valence-electron chi connectivity index (χ4n) is 2.99. The van der Waals surface area contributed by atoms with Crippen LogP contribution < -0.4 is 0 Å². The smallest absolute Gasteiger partial charge is 0.0460 e. The maximum atomic E-state index is 2.63. The van der Waals surface area contributed by atoms with Crippen molar-refractivity contribution in [1.29, 1.82) is 0 Å². The lowest BCUT2D eigenvalue weighted by molar-refractivity contribution is 0.0203. The van der Waals surface area contributed by atoms with Gasteiger partial charge in [-0.15, -0.1) is 0 Å². The van der Waals surface area contributed by atoms with Gasteiger partial charge in [-0.05, 0) is 44.8 Å².